The molecule has 1 rings (SSSR count). The van der Waals surface area contributed by atoms with Gasteiger partial charge in [0.1, 0.15) is 0 Å². The number of nitrogens with one attached hydrogen (secondary N) is 1. The minimum absolute atomic E-state index is 0.287. The number of nitrogens with zero attached hydrogens (tertiary/aromatic N) is 3. The third-order valence-electron chi connectivity index (χ3n) is 2.80. The lowest BCUT2D eigenvalue weighted by Crippen LogP contribution is -2.59. The Bertz CT molecular complexity index is 501. The molecule has 0 radical (unpaired) electrons. The topological polar surface area (TPSA) is 93.8 Å². The summed E-state index contributed by atoms with van der Waals surface area (Å²) in [7, 11) is 0. The second-order valence-corrected chi connectivity index (χ2v) is 4.39. The SMILES string of the molecule is CCc1nnc(NC(=O)C(C)(N)C(F)(F)F)nc1CC. The predicted molar refractivity (Wildman–Crippen MR) is 65.9 cm³/mol. The molecule has 0 fully saturated rings. The van der Waals surface area contributed by atoms with Crippen molar-refractivity contribution in [2.24, 2.45) is 5.73 Å². The summed E-state index contributed by atoms with van der Waals surface area (Å²) >= 11 is 0. The number of carbonyl (C=O) groups excluding carboxylic acids is 1. The van der Waals surface area contributed by atoms with E-state index in [0.29, 0.717) is 31.2 Å². The van der Waals surface area contributed by atoms with Crippen molar-refractivity contribution in [2.75, 3.05) is 5.32 Å². The van der Waals surface area contributed by atoms with Crippen LogP contribution in [0.1, 0.15) is 32.2 Å². The summed E-state index contributed by atoms with van der Waals surface area (Å²) < 4.78 is 37.8. The van der Waals surface area contributed by atoms with Gasteiger partial charge in [0, 0.05) is 0 Å². The van der Waals surface area contributed by atoms with E-state index in [4.69, 9.17) is 5.73 Å². The number of carbonyl (C=O) groups is 1. The molecule has 1 atom stereocenters. The van der Waals surface area contributed by atoms with E-state index < -0.39 is 17.6 Å². The molecule has 112 valence electrons. The van der Waals surface area contributed by atoms with Crippen molar-refractivity contribution in [1.29, 1.82) is 0 Å². The van der Waals surface area contributed by atoms with Crippen molar-refractivity contribution in [2.45, 2.75) is 45.3 Å². The molecule has 20 heavy (non-hydrogen) atoms. The molecule has 0 aliphatic carbocycles. The van der Waals surface area contributed by atoms with E-state index in [1.54, 1.807) is 0 Å². The Balaban J connectivity index is 2.97. The van der Waals surface area contributed by atoms with Crippen molar-refractivity contribution in [3.8, 4) is 0 Å². The summed E-state index contributed by atoms with van der Waals surface area (Å²) in [5.41, 5.74) is 3.19. The molecule has 1 amide bonds. The lowest BCUT2D eigenvalue weighted by atomic mass is 10.0. The van der Waals surface area contributed by atoms with Crippen LogP contribution in [-0.2, 0) is 17.6 Å². The monoisotopic (exact) mass is 291 g/mol. The van der Waals surface area contributed by atoms with Crippen molar-refractivity contribution in [1.82, 2.24) is 15.2 Å². The molecular weight excluding hydrogens is 275 g/mol. The van der Waals surface area contributed by atoms with Crippen LogP contribution in [0, 0.1) is 0 Å². The van der Waals surface area contributed by atoms with Gasteiger partial charge in [-0.05, 0) is 19.8 Å². The molecule has 9 heteroatoms. The van der Waals surface area contributed by atoms with Gasteiger partial charge in [-0.15, -0.1) is 10.2 Å². The fraction of sp³-hybridized carbons (Fsp3) is 0.636. The Morgan fingerprint density at radius 2 is 1.75 bits per heavy atom. The van der Waals surface area contributed by atoms with Gasteiger partial charge in [0.05, 0.1) is 11.4 Å². The lowest BCUT2D eigenvalue weighted by molar-refractivity contribution is -0.184. The Hall–Kier alpha value is -1.77. The van der Waals surface area contributed by atoms with Crippen LogP contribution in [0.15, 0.2) is 0 Å². The molecule has 0 aliphatic heterocycles. The number of anilines is 1. The van der Waals surface area contributed by atoms with Crippen molar-refractivity contribution >= 4 is 11.9 Å². The molecule has 0 aliphatic rings. The van der Waals surface area contributed by atoms with E-state index >= 15 is 0 Å². The molecule has 0 saturated carbocycles. The predicted octanol–water partition coefficient (Wildman–Crippen LogP) is 1.21. The van der Waals surface area contributed by atoms with Crippen LogP contribution in [0.25, 0.3) is 0 Å². The van der Waals surface area contributed by atoms with Gasteiger partial charge in [0.2, 0.25) is 5.95 Å². The van der Waals surface area contributed by atoms with Gasteiger partial charge >= 0.3 is 6.18 Å². The van der Waals surface area contributed by atoms with Gasteiger partial charge in [-0.2, -0.15) is 13.2 Å². The summed E-state index contributed by atoms with van der Waals surface area (Å²) in [6.45, 7) is 4.25. The van der Waals surface area contributed by atoms with Crippen LogP contribution in [0.2, 0.25) is 0 Å². The number of aryl methyl sites for hydroxylation is 2. The first-order valence-electron chi connectivity index (χ1n) is 6.03. The number of alkyl halides is 3. The van der Waals surface area contributed by atoms with Crippen LogP contribution >= 0.6 is 0 Å². The minimum Gasteiger partial charge on any atom is -0.310 e. The smallest absolute Gasteiger partial charge is 0.310 e. The highest BCUT2D eigenvalue weighted by Gasteiger charge is 2.54. The number of nitrogens with two attached hydrogens (primary N) is 1. The minimum atomic E-state index is -4.87. The second kappa shape index (κ2) is 5.70. The Morgan fingerprint density at radius 1 is 1.20 bits per heavy atom. The van der Waals surface area contributed by atoms with Crippen LogP contribution in [0.3, 0.4) is 0 Å². The molecule has 3 N–H and O–H groups in total. The number of amides is 1. The van der Waals surface area contributed by atoms with Gasteiger partial charge in [0.25, 0.3) is 5.91 Å². The van der Waals surface area contributed by atoms with E-state index in [1.807, 2.05) is 19.2 Å². The standard InChI is InChI=1S/C11H16F3N5O/c1-4-6-7(5-2)18-19-9(16-6)17-8(20)10(3,15)11(12,13)14/h4-5,15H2,1-3H3,(H,16,17,19,20). The van der Waals surface area contributed by atoms with E-state index in [0.717, 1.165) is 0 Å². The average molecular weight is 291 g/mol. The molecule has 1 heterocycles. The average Bonchev–Trinajstić information content (AvgIpc) is 2.37. The zero-order valence-corrected chi connectivity index (χ0v) is 11.4. The highest BCUT2D eigenvalue weighted by molar-refractivity contribution is 5.97. The van der Waals surface area contributed by atoms with Crippen LogP contribution < -0.4 is 11.1 Å². The number of rotatable bonds is 4. The maximum Gasteiger partial charge on any atom is 0.415 e. The van der Waals surface area contributed by atoms with Crippen LogP contribution in [0.5, 0.6) is 0 Å². The molecule has 6 nitrogen and oxygen atoms in total. The molecule has 1 aromatic rings. The van der Waals surface area contributed by atoms with Crippen molar-refractivity contribution in [3.63, 3.8) is 0 Å². The molecule has 1 aromatic heterocycles. The summed E-state index contributed by atoms with van der Waals surface area (Å²) in [6.07, 6.45) is -3.75. The van der Waals surface area contributed by atoms with Gasteiger partial charge in [0.15, 0.2) is 5.54 Å². The Morgan fingerprint density at radius 3 is 2.20 bits per heavy atom. The fourth-order valence-corrected chi connectivity index (χ4v) is 1.35. The zero-order valence-electron chi connectivity index (χ0n) is 11.4. The third-order valence-corrected chi connectivity index (χ3v) is 2.80. The van der Waals surface area contributed by atoms with Crippen molar-refractivity contribution in [3.05, 3.63) is 11.4 Å². The van der Waals surface area contributed by atoms with E-state index in [9.17, 15) is 18.0 Å². The zero-order chi connectivity index (χ0) is 15.6. The lowest BCUT2D eigenvalue weighted by Gasteiger charge is -2.25. The maximum atomic E-state index is 12.6. The summed E-state index contributed by atoms with van der Waals surface area (Å²) in [5, 5.41) is 9.34. The Kier molecular flexibility index (Phi) is 4.64. The second-order valence-electron chi connectivity index (χ2n) is 4.39. The van der Waals surface area contributed by atoms with Crippen LogP contribution in [0.4, 0.5) is 19.1 Å². The number of aromatic nitrogens is 3. The number of hydrogen-bond acceptors (Lipinski definition) is 5. The first-order valence-corrected chi connectivity index (χ1v) is 6.03. The maximum absolute atomic E-state index is 12.6. The Labute approximate surface area is 114 Å². The summed E-state index contributed by atoms with van der Waals surface area (Å²) in [5.74, 6) is -1.72. The summed E-state index contributed by atoms with van der Waals surface area (Å²) in [4.78, 5) is 15.5. The highest BCUT2D eigenvalue weighted by atomic mass is 19.4. The molecule has 1 unspecified atom stereocenters. The molecule has 0 aromatic carbocycles. The van der Waals surface area contributed by atoms with Crippen LogP contribution in [-0.4, -0.2) is 32.8 Å². The van der Waals surface area contributed by atoms with Gasteiger partial charge < -0.3 is 5.73 Å². The number of hydrogen-bond donors (Lipinski definition) is 2. The van der Waals surface area contributed by atoms with E-state index in [2.05, 4.69) is 15.2 Å². The molecular formula is C11H16F3N5O. The quantitative estimate of drug-likeness (QED) is 0.869. The molecule has 0 spiro atoms. The van der Waals surface area contributed by atoms with E-state index in [1.165, 1.54) is 0 Å². The summed E-state index contributed by atoms with van der Waals surface area (Å²) in [6, 6.07) is 0. The fourth-order valence-electron chi connectivity index (χ4n) is 1.35. The van der Waals surface area contributed by atoms with Gasteiger partial charge in [-0.25, -0.2) is 4.98 Å². The third kappa shape index (κ3) is 3.21. The largest absolute Gasteiger partial charge is 0.415 e. The normalized spacial score (nSPS) is 14.8. The number of halogens is 3. The van der Waals surface area contributed by atoms with E-state index in [-0.39, 0.29) is 5.95 Å². The first-order chi connectivity index (χ1) is 9.13. The first kappa shape index (κ1) is 16.3. The molecule has 0 bridgehead atoms. The van der Waals surface area contributed by atoms with Gasteiger partial charge in [-0.3, -0.25) is 10.1 Å². The van der Waals surface area contributed by atoms with Gasteiger partial charge in [-0.1, -0.05) is 13.8 Å². The van der Waals surface area contributed by atoms with Crippen molar-refractivity contribution < 1.29 is 18.0 Å². The molecule has 0 saturated heterocycles. The highest BCUT2D eigenvalue weighted by Crippen LogP contribution is 2.28.